The molecule has 6 heteroatoms. The summed E-state index contributed by atoms with van der Waals surface area (Å²) in [6.45, 7) is 0.887. The Kier molecular flexibility index (Phi) is 4.99. The van der Waals surface area contributed by atoms with E-state index in [4.69, 9.17) is 4.99 Å². The Morgan fingerprint density at radius 1 is 1.00 bits per heavy atom. The fourth-order valence-corrected chi connectivity index (χ4v) is 6.07. The summed E-state index contributed by atoms with van der Waals surface area (Å²) in [6.07, 6.45) is 6.15. The second-order valence-corrected chi connectivity index (χ2v) is 9.62. The molecule has 2 N–H and O–H groups in total. The van der Waals surface area contributed by atoms with Gasteiger partial charge in [-0.05, 0) is 49.1 Å². The first kappa shape index (κ1) is 18.0. The number of thiazole rings is 1. The van der Waals surface area contributed by atoms with Crippen LogP contribution in [-0.4, -0.2) is 28.0 Å². The van der Waals surface area contributed by atoms with Gasteiger partial charge in [0, 0.05) is 18.0 Å². The van der Waals surface area contributed by atoms with E-state index in [1.165, 1.54) is 35.9 Å². The lowest BCUT2D eigenvalue weighted by atomic mass is 10.0. The third-order valence-corrected chi connectivity index (χ3v) is 7.68. The summed E-state index contributed by atoms with van der Waals surface area (Å²) < 4.78 is 1.23. The average Bonchev–Trinajstić information content (AvgIpc) is 3.44. The van der Waals surface area contributed by atoms with Gasteiger partial charge >= 0.3 is 0 Å². The van der Waals surface area contributed by atoms with E-state index in [1.54, 1.807) is 11.3 Å². The van der Waals surface area contributed by atoms with Crippen LogP contribution in [0.15, 0.2) is 53.5 Å². The zero-order valence-corrected chi connectivity index (χ0v) is 17.4. The van der Waals surface area contributed by atoms with E-state index in [9.17, 15) is 0 Å². The lowest BCUT2D eigenvalue weighted by Crippen LogP contribution is -2.21. The van der Waals surface area contributed by atoms with Gasteiger partial charge in [-0.25, -0.2) is 4.98 Å². The molecule has 2 aromatic carbocycles. The normalized spacial score (nSPS) is 17.9. The van der Waals surface area contributed by atoms with Crippen molar-refractivity contribution in [3.8, 4) is 0 Å². The van der Waals surface area contributed by atoms with Gasteiger partial charge in [-0.1, -0.05) is 60.2 Å². The maximum atomic E-state index is 4.99. The standard InChI is InChI=1S/C22H24N4S2/c1-2-6-19-18(5-1)25-20(28-19)23-14-11-16-7-9-17(10-8-16)24-21-26-22(15-27-21)12-3-4-13-22/h1-2,5-10H,3-4,11-15H2,(H,23,25)(H,24,26). The molecule has 3 aromatic rings. The number of benzene rings is 2. The van der Waals surface area contributed by atoms with Crippen LogP contribution in [0.3, 0.4) is 0 Å². The van der Waals surface area contributed by atoms with E-state index >= 15 is 0 Å². The van der Waals surface area contributed by atoms with Crippen molar-refractivity contribution >= 4 is 49.3 Å². The Bertz CT molecular complexity index is 954. The van der Waals surface area contributed by atoms with Gasteiger partial charge in [-0.3, -0.25) is 4.99 Å². The third kappa shape index (κ3) is 3.89. The van der Waals surface area contributed by atoms with Gasteiger partial charge in [0.05, 0.1) is 15.8 Å². The van der Waals surface area contributed by atoms with Gasteiger partial charge in [0.2, 0.25) is 0 Å². The molecule has 1 aromatic heterocycles. The summed E-state index contributed by atoms with van der Waals surface area (Å²) in [7, 11) is 0. The highest BCUT2D eigenvalue weighted by atomic mass is 32.2. The minimum Gasteiger partial charge on any atom is -0.361 e. The molecule has 1 aliphatic heterocycles. The second kappa shape index (κ2) is 7.76. The number of para-hydroxylation sites is 1. The lowest BCUT2D eigenvalue weighted by molar-refractivity contribution is 0.508. The number of aliphatic imine (C=N–C) groups is 1. The summed E-state index contributed by atoms with van der Waals surface area (Å²) >= 11 is 3.59. The Morgan fingerprint density at radius 3 is 2.64 bits per heavy atom. The quantitative estimate of drug-likeness (QED) is 0.562. The second-order valence-electron chi connectivity index (χ2n) is 7.62. The molecule has 0 unspecified atom stereocenters. The number of rotatable bonds is 5. The van der Waals surface area contributed by atoms with E-state index in [-0.39, 0.29) is 5.54 Å². The predicted octanol–water partition coefficient (Wildman–Crippen LogP) is 5.78. The van der Waals surface area contributed by atoms with Crippen LogP contribution in [0.4, 0.5) is 10.8 Å². The summed E-state index contributed by atoms with van der Waals surface area (Å²) in [6, 6.07) is 17.0. The fraction of sp³-hybridized carbons (Fsp3) is 0.364. The lowest BCUT2D eigenvalue weighted by Gasteiger charge is -2.16. The van der Waals surface area contributed by atoms with Crippen LogP contribution in [0.2, 0.25) is 0 Å². The summed E-state index contributed by atoms with van der Waals surface area (Å²) in [5.74, 6) is 1.14. The zero-order chi connectivity index (χ0) is 18.8. The molecule has 0 radical (unpaired) electrons. The summed E-state index contributed by atoms with van der Waals surface area (Å²) in [5.41, 5.74) is 3.76. The Morgan fingerprint density at radius 2 is 1.82 bits per heavy atom. The van der Waals surface area contributed by atoms with Crippen LogP contribution in [0.5, 0.6) is 0 Å². The van der Waals surface area contributed by atoms with Crippen LogP contribution < -0.4 is 10.6 Å². The highest BCUT2D eigenvalue weighted by Gasteiger charge is 2.38. The number of amidine groups is 1. The predicted molar refractivity (Wildman–Crippen MR) is 123 cm³/mol. The average molecular weight is 409 g/mol. The molecule has 1 spiro atoms. The molecule has 2 heterocycles. The number of hydrogen-bond donors (Lipinski definition) is 2. The molecule has 4 nitrogen and oxygen atoms in total. The first-order valence-electron chi connectivity index (χ1n) is 9.96. The topological polar surface area (TPSA) is 49.3 Å². The minimum atomic E-state index is 0.235. The maximum Gasteiger partial charge on any atom is 0.183 e. The third-order valence-electron chi connectivity index (χ3n) is 5.54. The van der Waals surface area contributed by atoms with Gasteiger partial charge in [0.1, 0.15) is 0 Å². The molecule has 0 atom stereocenters. The van der Waals surface area contributed by atoms with Gasteiger partial charge in [-0.2, -0.15) is 0 Å². The number of nitrogens with one attached hydrogen (secondary N) is 2. The monoisotopic (exact) mass is 408 g/mol. The summed E-state index contributed by atoms with van der Waals surface area (Å²) in [5, 5.41) is 9.04. The van der Waals surface area contributed by atoms with E-state index < -0.39 is 0 Å². The van der Waals surface area contributed by atoms with Crippen molar-refractivity contribution in [1.29, 1.82) is 0 Å². The molecule has 1 fully saturated rings. The number of aromatic nitrogens is 1. The van der Waals surface area contributed by atoms with Crippen LogP contribution in [0, 0.1) is 0 Å². The van der Waals surface area contributed by atoms with E-state index in [0.717, 1.165) is 40.2 Å². The molecular formula is C22H24N4S2. The van der Waals surface area contributed by atoms with Gasteiger partial charge < -0.3 is 10.6 Å². The van der Waals surface area contributed by atoms with E-state index in [1.807, 2.05) is 17.8 Å². The van der Waals surface area contributed by atoms with Crippen LogP contribution in [0.1, 0.15) is 31.2 Å². The molecular weight excluding hydrogens is 384 g/mol. The highest BCUT2D eigenvalue weighted by molar-refractivity contribution is 8.14. The molecule has 144 valence electrons. The largest absolute Gasteiger partial charge is 0.361 e. The number of fused-ring (bicyclic) bond motifs is 1. The summed E-state index contributed by atoms with van der Waals surface area (Å²) in [4.78, 5) is 9.62. The zero-order valence-electron chi connectivity index (χ0n) is 15.8. The van der Waals surface area contributed by atoms with Gasteiger partial charge in [-0.15, -0.1) is 0 Å². The van der Waals surface area contributed by atoms with Crippen molar-refractivity contribution < 1.29 is 0 Å². The smallest absolute Gasteiger partial charge is 0.183 e. The van der Waals surface area contributed by atoms with Crippen molar-refractivity contribution in [3.63, 3.8) is 0 Å². The molecule has 1 aliphatic carbocycles. The van der Waals surface area contributed by atoms with Crippen molar-refractivity contribution in [3.05, 3.63) is 54.1 Å². The van der Waals surface area contributed by atoms with Gasteiger partial charge in [0.15, 0.2) is 10.3 Å². The molecule has 2 aliphatic rings. The van der Waals surface area contributed by atoms with Crippen LogP contribution in [0.25, 0.3) is 10.2 Å². The van der Waals surface area contributed by atoms with Crippen LogP contribution in [-0.2, 0) is 6.42 Å². The van der Waals surface area contributed by atoms with E-state index in [2.05, 4.69) is 58.1 Å². The first-order chi connectivity index (χ1) is 13.8. The molecule has 0 saturated heterocycles. The molecule has 5 rings (SSSR count). The number of hydrogen-bond acceptors (Lipinski definition) is 6. The Hall–Kier alpha value is -2.05. The van der Waals surface area contributed by atoms with Crippen molar-refractivity contribution in [2.75, 3.05) is 22.9 Å². The van der Waals surface area contributed by atoms with Crippen molar-refractivity contribution in [2.24, 2.45) is 4.99 Å². The SMILES string of the molecule is c1ccc2sc(NCCc3ccc(NC4=NC5(CCCC5)CS4)cc3)nc2c1. The molecule has 0 bridgehead atoms. The molecule has 28 heavy (non-hydrogen) atoms. The number of nitrogens with zero attached hydrogens (tertiary/aromatic N) is 2. The van der Waals surface area contributed by atoms with E-state index in [0.29, 0.717) is 0 Å². The number of anilines is 2. The number of thioether (sulfide) groups is 1. The first-order valence-corrected chi connectivity index (χ1v) is 11.8. The fourth-order valence-electron chi connectivity index (χ4n) is 3.98. The minimum absolute atomic E-state index is 0.235. The van der Waals surface area contributed by atoms with Crippen molar-refractivity contribution in [1.82, 2.24) is 4.98 Å². The molecule has 1 saturated carbocycles. The highest BCUT2D eigenvalue weighted by Crippen LogP contribution is 2.41. The van der Waals surface area contributed by atoms with Gasteiger partial charge in [0.25, 0.3) is 0 Å². The maximum absolute atomic E-state index is 4.99. The van der Waals surface area contributed by atoms with Crippen molar-refractivity contribution in [2.45, 2.75) is 37.6 Å². The molecule has 0 amide bonds. The van der Waals surface area contributed by atoms with Crippen LogP contribution >= 0.6 is 23.1 Å². The Labute approximate surface area is 173 Å². The Balaban J connectivity index is 1.14.